The molecule has 0 bridgehead atoms. The molecular formula is C11H16ClN3. The maximum absolute atomic E-state index is 6.11. The second kappa shape index (κ2) is 3.97. The molecule has 82 valence electrons. The van der Waals surface area contributed by atoms with Gasteiger partial charge in [0.1, 0.15) is 0 Å². The molecular weight excluding hydrogens is 210 g/mol. The van der Waals surface area contributed by atoms with Gasteiger partial charge in [0.25, 0.3) is 0 Å². The van der Waals surface area contributed by atoms with Crippen LogP contribution >= 0.6 is 11.6 Å². The fourth-order valence-electron chi connectivity index (χ4n) is 1.89. The zero-order valence-corrected chi connectivity index (χ0v) is 10.2. The molecule has 0 amide bonds. The second-order valence-corrected chi connectivity index (χ2v) is 4.71. The van der Waals surface area contributed by atoms with Gasteiger partial charge in [-0.15, -0.1) is 0 Å². The van der Waals surface area contributed by atoms with Crippen LogP contribution in [0, 0.1) is 19.8 Å². The molecule has 0 spiro atoms. The summed E-state index contributed by atoms with van der Waals surface area (Å²) in [6, 6.07) is 0. The predicted octanol–water partition coefficient (Wildman–Crippen LogP) is 2.59. The van der Waals surface area contributed by atoms with Crippen LogP contribution in [0.15, 0.2) is 0 Å². The molecule has 1 aromatic heterocycles. The van der Waals surface area contributed by atoms with E-state index in [9.17, 15) is 0 Å². The third-order valence-corrected chi connectivity index (χ3v) is 3.22. The minimum absolute atomic E-state index is 0.534. The number of nitrogens with zero attached hydrogens (tertiary/aromatic N) is 3. The molecule has 0 saturated carbocycles. The third kappa shape index (κ3) is 2.07. The van der Waals surface area contributed by atoms with E-state index in [1.165, 1.54) is 6.42 Å². The van der Waals surface area contributed by atoms with Gasteiger partial charge in [-0.05, 0) is 26.2 Å². The first-order chi connectivity index (χ1) is 7.08. The van der Waals surface area contributed by atoms with E-state index in [1.54, 1.807) is 0 Å². The number of rotatable bonds is 1. The molecule has 1 fully saturated rings. The van der Waals surface area contributed by atoms with Gasteiger partial charge in [0.15, 0.2) is 11.0 Å². The van der Waals surface area contributed by atoms with Crippen LogP contribution in [0.25, 0.3) is 0 Å². The highest BCUT2D eigenvalue weighted by molar-refractivity contribution is 6.31. The highest BCUT2D eigenvalue weighted by Crippen LogP contribution is 2.27. The topological polar surface area (TPSA) is 29.0 Å². The van der Waals surface area contributed by atoms with Crippen LogP contribution in [0.1, 0.15) is 24.7 Å². The molecule has 4 heteroatoms. The van der Waals surface area contributed by atoms with E-state index >= 15 is 0 Å². The zero-order chi connectivity index (χ0) is 11.0. The van der Waals surface area contributed by atoms with Crippen LogP contribution in [0.5, 0.6) is 0 Å². The predicted molar refractivity (Wildman–Crippen MR) is 62.5 cm³/mol. The van der Waals surface area contributed by atoms with Gasteiger partial charge >= 0.3 is 0 Å². The van der Waals surface area contributed by atoms with Crippen molar-refractivity contribution in [3.8, 4) is 0 Å². The van der Waals surface area contributed by atoms with Crippen molar-refractivity contribution < 1.29 is 0 Å². The van der Waals surface area contributed by atoms with Gasteiger partial charge in [-0.1, -0.05) is 18.5 Å². The Morgan fingerprint density at radius 2 is 1.93 bits per heavy atom. The number of aromatic nitrogens is 2. The first-order valence-corrected chi connectivity index (χ1v) is 5.71. The standard InChI is InChI=1S/C11H16ClN3/c1-7-4-5-15(6-7)11-10(12)13-8(2)9(3)14-11/h7H,4-6H2,1-3H3. The molecule has 1 saturated heterocycles. The maximum Gasteiger partial charge on any atom is 0.171 e. The van der Waals surface area contributed by atoms with Crippen molar-refractivity contribution in [3.63, 3.8) is 0 Å². The maximum atomic E-state index is 6.11. The molecule has 3 nitrogen and oxygen atoms in total. The first-order valence-electron chi connectivity index (χ1n) is 5.33. The van der Waals surface area contributed by atoms with Crippen molar-refractivity contribution in [2.45, 2.75) is 27.2 Å². The molecule has 1 unspecified atom stereocenters. The summed E-state index contributed by atoms with van der Waals surface area (Å²) in [6.07, 6.45) is 1.21. The van der Waals surface area contributed by atoms with Crippen molar-refractivity contribution in [1.82, 2.24) is 9.97 Å². The van der Waals surface area contributed by atoms with Gasteiger partial charge in [0.2, 0.25) is 0 Å². The lowest BCUT2D eigenvalue weighted by Crippen LogP contribution is -2.21. The Morgan fingerprint density at radius 3 is 2.53 bits per heavy atom. The lowest BCUT2D eigenvalue weighted by molar-refractivity contribution is 0.658. The lowest BCUT2D eigenvalue weighted by atomic mass is 10.2. The minimum atomic E-state index is 0.534. The van der Waals surface area contributed by atoms with Crippen molar-refractivity contribution in [2.75, 3.05) is 18.0 Å². The molecule has 0 N–H and O–H groups in total. The van der Waals surface area contributed by atoms with E-state index in [2.05, 4.69) is 21.8 Å². The summed E-state index contributed by atoms with van der Waals surface area (Å²) in [7, 11) is 0. The SMILES string of the molecule is Cc1nc(Cl)c(N2CCC(C)C2)nc1C. The molecule has 1 aliphatic heterocycles. The normalized spacial score (nSPS) is 21.1. The number of halogens is 1. The monoisotopic (exact) mass is 225 g/mol. The van der Waals surface area contributed by atoms with Crippen LogP contribution < -0.4 is 4.90 Å². The van der Waals surface area contributed by atoms with Gasteiger partial charge in [0.05, 0.1) is 11.4 Å². The van der Waals surface area contributed by atoms with E-state index in [4.69, 9.17) is 11.6 Å². The van der Waals surface area contributed by atoms with Gasteiger partial charge < -0.3 is 4.90 Å². The summed E-state index contributed by atoms with van der Waals surface area (Å²) in [4.78, 5) is 11.1. The van der Waals surface area contributed by atoms with Crippen molar-refractivity contribution in [3.05, 3.63) is 16.5 Å². The summed E-state index contributed by atoms with van der Waals surface area (Å²) in [5, 5.41) is 0.534. The third-order valence-electron chi connectivity index (χ3n) is 2.97. The van der Waals surface area contributed by atoms with E-state index in [0.29, 0.717) is 5.15 Å². The highest BCUT2D eigenvalue weighted by Gasteiger charge is 2.22. The fraction of sp³-hybridized carbons (Fsp3) is 0.636. The Kier molecular flexibility index (Phi) is 2.83. The van der Waals surface area contributed by atoms with Crippen LogP contribution in [0.2, 0.25) is 5.15 Å². The Balaban J connectivity index is 2.32. The van der Waals surface area contributed by atoms with Crippen LogP contribution in [0.3, 0.4) is 0 Å². The average Bonchev–Trinajstić information content (AvgIpc) is 2.58. The molecule has 0 aliphatic carbocycles. The number of hydrogen-bond acceptors (Lipinski definition) is 3. The quantitative estimate of drug-likeness (QED) is 0.736. The molecule has 1 aromatic rings. The zero-order valence-electron chi connectivity index (χ0n) is 9.42. The number of hydrogen-bond donors (Lipinski definition) is 0. The largest absolute Gasteiger partial charge is 0.354 e. The Hall–Kier alpha value is -0.830. The summed E-state index contributed by atoms with van der Waals surface area (Å²) in [5.41, 5.74) is 1.88. The van der Waals surface area contributed by atoms with E-state index < -0.39 is 0 Å². The lowest BCUT2D eigenvalue weighted by Gasteiger charge is -2.18. The van der Waals surface area contributed by atoms with Gasteiger partial charge in [0, 0.05) is 13.1 Å². The van der Waals surface area contributed by atoms with Gasteiger partial charge in [-0.2, -0.15) is 0 Å². The molecule has 0 radical (unpaired) electrons. The molecule has 2 rings (SSSR count). The van der Waals surface area contributed by atoms with Gasteiger partial charge in [-0.3, -0.25) is 0 Å². The molecule has 15 heavy (non-hydrogen) atoms. The number of aryl methyl sites for hydroxylation is 2. The minimum Gasteiger partial charge on any atom is -0.354 e. The summed E-state index contributed by atoms with van der Waals surface area (Å²) in [6.45, 7) is 8.24. The van der Waals surface area contributed by atoms with Gasteiger partial charge in [-0.25, -0.2) is 9.97 Å². The average molecular weight is 226 g/mol. The molecule has 1 aliphatic rings. The first kappa shape index (κ1) is 10.7. The fourth-order valence-corrected chi connectivity index (χ4v) is 2.18. The van der Waals surface area contributed by atoms with E-state index in [0.717, 1.165) is 36.2 Å². The second-order valence-electron chi connectivity index (χ2n) is 4.35. The molecule has 2 heterocycles. The van der Waals surface area contributed by atoms with Crippen LogP contribution in [-0.4, -0.2) is 23.1 Å². The van der Waals surface area contributed by atoms with Crippen molar-refractivity contribution >= 4 is 17.4 Å². The Morgan fingerprint density at radius 1 is 1.27 bits per heavy atom. The van der Waals surface area contributed by atoms with E-state index in [-0.39, 0.29) is 0 Å². The van der Waals surface area contributed by atoms with Crippen LogP contribution in [-0.2, 0) is 0 Å². The highest BCUT2D eigenvalue weighted by atomic mass is 35.5. The van der Waals surface area contributed by atoms with Crippen molar-refractivity contribution in [1.29, 1.82) is 0 Å². The summed E-state index contributed by atoms with van der Waals surface area (Å²) < 4.78 is 0. The smallest absolute Gasteiger partial charge is 0.171 e. The molecule has 0 aromatic carbocycles. The summed E-state index contributed by atoms with van der Waals surface area (Å²) >= 11 is 6.11. The number of anilines is 1. The molecule has 1 atom stereocenters. The summed E-state index contributed by atoms with van der Waals surface area (Å²) in [5.74, 6) is 1.58. The van der Waals surface area contributed by atoms with E-state index in [1.807, 2.05) is 13.8 Å². The van der Waals surface area contributed by atoms with Crippen molar-refractivity contribution in [2.24, 2.45) is 5.92 Å². The van der Waals surface area contributed by atoms with Crippen LogP contribution in [0.4, 0.5) is 5.82 Å². The Bertz CT molecular complexity index is 378. The Labute approximate surface area is 95.5 Å².